The molecule has 4 nitrogen and oxygen atoms in total. The molecular weight excluding hydrogens is 330 g/mol. The van der Waals surface area contributed by atoms with Gasteiger partial charge >= 0.3 is 0 Å². The Balaban J connectivity index is 2.17. The van der Waals surface area contributed by atoms with Gasteiger partial charge in [-0.1, -0.05) is 28.1 Å². The van der Waals surface area contributed by atoms with Crippen molar-refractivity contribution < 1.29 is 13.5 Å². The zero-order valence-corrected chi connectivity index (χ0v) is 12.8. The summed E-state index contributed by atoms with van der Waals surface area (Å²) in [4.78, 5) is 0. The van der Waals surface area contributed by atoms with Gasteiger partial charge in [-0.2, -0.15) is 4.31 Å². The van der Waals surface area contributed by atoms with E-state index in [0.717, 1.165) is 22.9 Å². The molecular formula is C13H16BrNO3S. The smallest absolute Gasteiger partial charge is 0.236 e. The molecule has 19 heavy (non-hydrogen) atoms. The molecule has 1 aliphatic heterocycles. The highest BCUT2D eigenvalue weighted by Gasteiger charge is 2.31. The van der Waals surface area contributed by atoms with Crippen molar-refractivity contribution in [1.29, 1.82) is 0 Å². The number of hydrogen-bond donors (Lipinski definition) is 1. The summed E-state index contributed by atoms with van der Waals surface area (Å²) in [6.45, 7) is 0.361. The SMILES string of the molecule is O=S(=O)(/C=C/c1cccc(Br)c1)N1CCC[C@@H]1CO. The first-order chi connectivity index (χ1) is 9.03. The second-order valence-electron chi connectivity index (χ2n) is 4.49. The molecule has 0 radical (unpaired) electrons. The van der Waals surface area contributed by atoms with Crippen LogP contribution < -0.4 is 0 Å². The predicted octanol–water partition coefficient (Wildman–Crippen LogP) is 2.21. The highest BCUT2D eigenvalue weighted by Crippen LogP contribution is 2.22. The van der Waals surface area contributed by atoms with Crippen molar-refractivity contribution in [2.75, 3.05) is 13.2 Å². The molecule has 1 fully saturated rings. The Kier molecular flexibility index (Phi) is 4.78. The number of halogens is 1. The molecule has 0 spiro atoms. The highest BCUT2D eigenvalue weighted by molar-refractivity contribution is 9.10. The molecule has 0 saturated carbocycles. The second-order valence-corrected chi connectivity index (χ2v) is 7.18. The molecule has 104 valence electrons. The van der Waals surface area contributed by atoms with Gasteiger partial charge in [-0.05, 0) is 36.6 Å². The molecule has 1 aromatic carbocycles. The van der Waals surface area contributed by atoms with Crippen LogP contribution in [0.3, 0.4) is 0 Å². The summed E-state index contributed by atoms with van der Waals surface area (Å²) in [6.07, 6.45) is 3.10. The van der Waals surface area contributed by atoms with Crippen LogP contribution in [-0.2, 0) is 10.0 Å². The number of sulfonamides is 1. The first kappa shape index (κ1) is 14.7. The van der Waals surface area contributed by atoms with E-state index in [1.807, 2.05) is 24.3 Å². The number of hydrogen-bond acceptors (Lipinski definition) is 3. The van der Waals surface area contributed by atoms with Crippen molar-refractivity contribution in [3.63, 3.8) is 0 Å². The normalized spacial score (nSPS) is 21.3. The van der Waals surface area contributed by atoms with E-state index in [9.17, 15) is 13.5 Å². The van der Waals surface area contributed by atoms with E-state index < -0.39 is 10.0 Å². The zero-order chi connectivity index (χ0) is 13.9. The first-order valence-electron chi connectivity index (χ1n) is 6.09. The molecule has 1 N–H and O–H groups in total. The number of rotatable bonds is 4. The summed E-state index contributed by atoms with van der Waals surface area (Å²) < 4.78 is 26.6. The Bertz CT molecular complexity index is 571. The Morgan fingerprint density at radius 3 is 2.95 bits per heavy atom. The fraction of sp³-hybridized carbons (Fsp3) is 0.385. The molecule has 1 aliphatic rings. The Labute approximate surface area is 121 Å². The monoisotopic (exact) mass is 345 g/mol. The quantitative estimate of drug-likeness (QED) is 0.909. The summed E-state index contributed by atoms with van der Waals surface area (Å²) >= 11 is 3.34. The van der Waals surface area contributed by atoms with Crippen LogP contribution in [0.15, 0.2) is 34.1 Å². The van der Waals surface area contributed by atoms with Gasteiger partial charge in [0.1, 0.15) is 0 Å². The lowest BCUT2D eigenvalue weighted by Crippen LogP contribution is -2.36. The highest BCUT2D eigenvalue weighted by atomic mass is 79.9. The minimum Gasteiger partial charge on any atom is -0.395 e. The third-order valence-corrected chi connectivity index (χ3v) is 5.25. The minimum absolute atomic E-state index is 0.121. The molecule has 1 atom stereocenters. The molecule has 2 rings (SSSR count). The van der Waals surface area contributed by atoms with Crippen molar-refractivity contribution in [1.82, 2.24) is 4.31 Å². The van der Waals surface area contributed by atoms with Crippen LogP contribution in [0.2, 0.25) is 0 Å². The van der Waals surface area contributed by atoms with Crippen LogP contribution in [0.5, 0.6) is 0 Å². The van der Waals surface area contributed by atoms with Crippen LogP contribution in [-0.4, -0.2) is 37.0 Å². The number of aliphatic hydroxyl groups excluding tert-OH is 1. The van der Waals surface area contributed by atoms with Gasteiger partial charge in [0.2, 0.25) is 10.0 Å². The molecule has 0 unspecified atom stereocenters. The zero-order valence-electron chi connectivity index (χ0n) is 10.4. The first-order valence-corrected chi connectivity index (χ1v) is 8.39. The van der Waals surface area contributed by atoms with Crippen molar-refractivity contribution in [2.45, 2.75) is 18.9 Å². The lowest BCUT2D eigenvalue weighted by Gasteiger charge is -2.20. The van der Waals surface area contributed by atoms with Crippen LogP contribution in [0.25, 0.3) is 6.08 Å². The maximum Gasteiger partial charge on any atom is 0.236 e. The molecule has 1 heterocycles. The fourth-order valence-electron chi connectivity index (χ4n) is 2.18. The maximum absolute atomic E-state index is 12.2. The molecule has 0 aliphatic carbocycles. The van der Waals surface area contributed by atoms with E-state index in [1.165, 1.54) is 9.71 Å². The predicted molar refractivity (Wildman–Crippen MR) is 78.9 cm³/mol. The van der Waals surface area contributed by atoms with Crippen molar-refractivity contribution in [3.05, 3.63) is 39.7 Å². The van der Waals surface area contributed by atoms with Gasteiger partial charge in [-0.3, -0.25) is 0 Å². The van der Waals surface area contributed by atoms with Gasteiger partial charge in [-0.25, -0.2) is 8.42 Å². The van der Waals surface area contributed by atoms with Gasteiger partial charge < -0.3 is 5.11 Å². The van der Waals surface area contributed by atoms with E-state index in [-0.39, 0.29) is 12.6 Å². The van der Waals surface area contributed by atoms with Crippen LogP contribution in [0.1, 0.15) is 18.4 Å². The Hall–Kier alpha value is -0.690. The van der Waals surface area contributed by atoms with Crippen molar-refractivity contribution in [3.8, 4) is 0 Å². The fourth-order valence-corrected chi connectivity index (χ4v) is 4.05. The van der Waals surface area contributed by atoms with Crippen LogP contribution in [0, 0.1) is 0 Å². The molecule has 6 heteroatoms. The van der Waals surface area contributed by atoms with Crippen molar-refractivity contribution in [2.24, 2.45) is 0 Å². The van der Waals surface area contributed by atoms with Gasteiger partial charge in [0.25, 0.3) is 0 Å². The molecule has 1 aromatic rings. The Morgan fingerprint density at radius 2 is 2.26 bits per heavy atom. The van der Waals surface area contributed by atoms with Gasteiger partial charge in [0.05, 0.1) is 6.61 Å². The minimum atomic E-state index is -3.45. The standard InChI is InChI=1S/C13H16BrNO3S/c14-12-4-1-3-11(9-12)6-8-19(17,18)15-7-2-5-13(15)10-16/h1,3-4,6,8-9,13,16H,2,5,7,10H2/b8-6+/t13-/m1/s1. The summed E-state index contributed by atoms with van der Waals surface area (Å²) in [5.41, 5.74) is 0.817. The molecule has 1 saturated heterocycles. The van der Waals surface area contributed by atoms with E-state index >= 15 is 0 Å². The summed E-state index contributed by atoms with van der Waals surface area (Å²) in [5.74, 6) is 0. The van der Waals surface area contributed by atoms with Crippen LogP contribution in [0.4, 0.5) is 0 Å². The van der Waals surface area contributed by atoms with Gasteiger partial charge in [0, 0.05) is 22.5 Å². The molecule has 0 aromatic heterocycles. The topological polar surface area (TPSA) is 57.6 Å². The summed E-state index contributed by atoms with van der Waals surface area (Å²) in [5, 5.41) is 10.4. The summed E-state index contributed by atoms with van der Waals surface area (Å²) in [6, 6.07) is 7.14. The number of nitrogens with zero attached hydrogens (tertiary/aromatic N) is 1. The third-order valence-electron chi connectivity index (χ3n) is 3.14. The molecule has 0 amide bonds. The van der Waals surface area contributed by atoms with E-state index in [2.05, 4.69) is 15.9 Å². The largest absolute Gasteiger partial charge is 0.395 e. The maximum atomic E-state index is 12.2. The average molecular weight is 346 g/mol. The lowest BCUT2D eigenvalue weighted by molar-refractivity contribution is 0.214. The van der Waals surface area contributed by atoms with Gasteiger partial charge in [0.15, 0.2) is 0 Å². The van der Waals surface area contributed by atoms with E-state index in [0.29, 0.717) is 6.54 Å². The van der Waals surface area contributed by atoms with E-state index in [4.69, 9.17) is 0 Å². The number of aliphatic hydroxyl groups is 1. The van der Waals surface area contributed by atoms with Crippen molar-refractivity contribution >= 4 is 32.0 Å². The third kappa shape index (κ3) is 3.66. The van der Waals surface area contributed by atoms with Crippen LogP contribution >= 0.6 is 15.9 Å². The molecule has 0 bridgehead atoms. The Morgan fingerprint density at radius 1 is 1.47 bits per heavy atom. The average Bonchev–Trinajstić information content (AvgIpc) is 2.86. The van der Waals surface area contributed by atoms with Gasteiger partial charge in [-0.15, -0.1) is 0 Å². The lowest BCUT2D eigenvalue weighted by atomic mass is 10.2. The van der Waals surface area contributed by atoms with E-state index in [1.54, 1.807) is 6.08 Å². The number of benzene rings is 1. The summed E-state index contributed by atoms with van der Waals surface area (Å²) in [7, 11) is -3.45. The second kappa shape index (κ2) is 6.17.